The van der Waals surface area contributed by atoms with Crippen LogP contribution in [-0.2, 0) is 0 Å². The molecule has 1 fully saturated rings. The smallest absolute Gasteiger partial charge is 0.251 e. The van der Waals surface area contributed by atoms with Crippen LogP contribution in [0.4, 0.5) is 5.69 Å². The van der Waals surface area contributed by atoms with Crippen molar-refractivity contribution in [1.29, 1.82) is 0 Å². The molecule has 2 N–H and O–H groups in total. The molecule has 110 valence electrons. The van der Waals surface area contributed by atoms with Crippen molar-refractivity contribution < 1.29 is 4.79 Å². The molecule has 2 rings (SSSR count). The molecule has 0 radical (unpaired) electrons. The number of amides is 1. The van der Waals surface area contributed by atoms with Gasteiger partial charge in [0, 0.05) is 23.8 Å². The monoisotopic (exact) mass is 274 g/mol. The van der Waals surface area contributed by atoms with Crippen LogP contribution in [0.1, 0.15) is 50.4 Å². The number of carbonyl (C=O) groups excluding carboxylic acids is 1. The fraction of sp³-hybridized carbons (Fsp3) is 0.588. The predicted octanol–water partition coefficient (Wildman–Crippen LogP) is 3.67. The Balaban J connectivity index is 2.06. The van der Waals surface area contributed by atoms with Gasteiger partial charge in [0.25, 0.3) is 5.91 Å². The lowest BCUT2D eigenvalue weighted by atomic mass is 9.78. The quantitative estimate of drug-likeness (QED) is 0.879. The van der Waals surface area contributed by atoms with Crippen LogP contribution in [0.25, 0.3) is 0 Å². The third kappa shape index (κ3) is 3.53. The van der Waals surface area contributed by atoms with Crippen LogP contribution in [0.5, 0.6) is 0 Å². The first kappa shape index (κ1) is 14.9. The topological polar surface area (TPSA) is 41.1 Å². The Labute approximate surface area is 122 Å². The van der Waals surface area contributed by atoms with Gasteiger partial charge < -0.3 is 10.6 Å². The molecule has 3 nitrogen and oxygen atoms in total. The van der Waals surface area contributed by atoms with E-state index in [4.69, 9.17) is 0 Å². The zero-order valence-corrected chi connectivity index (χ0v) is 12.8. The van der Waals surface area contributed by atoms with Gasteiger partial charge in [-0.25, -0.2) is 0 Å². The highest BCUT2D eigenvalue weighted by Gasteiger charge is 2.26. The molecule has 1 aliphatic carbocycles. The number of benzene rings is 1. The minimum Gasteiger partial charge on any atom is -0.382 e. The first-order valence-electron chi connectivity index (χ1n) is 7.76. The Morgan fingerprint density at radius 1 is 1.30 bits per heavy atom. The largest absolute Gasteiger partial charge is 0.382 e. The maximum Gasteiger partial charge on any atom is 0.251 e. The maximum atomic E-state index is 11.9. The second-order valence-electron chi connectivity index (χ2n) is 5.96. The molecule has 0 aliphatic heterocycles. The average Bonchev–Trinajstić information content (AvgIpc) is 2.44. The second kappa shape index (κ2) is 6.78. The number of carbonyl (C=O) groups is 1. The van der Waals surface area contributed by atoms with Crippen LogP contribution in [0.2, 0.25) is 0 Å². The van der Waals surface area contributed by atoms with Gasteiger partial charge in [-0.05, 0) is 43.4 Å². The minimum atomic E-state index is 0.00112. The molecule has 0 saturated heterocycles. The van der Waals surface area contributed by atoms with Crippen molar-refractivity contribution in [2.75, 3.05) is 11.9 Å². The van der Waals surface area contributed by atoms with Crippen LogP contribution >= 0.6 is 0 Å². The van der Waals surface area contributed by atoms with E-state index in [0.29, 0.717) is 18.5 Å². The highest BCUT2D eigenvalue weighted by atomic mass is 16.1. The molecule has 3 heteroatoms. The van der Waals surface area contributed by atoms with E-state index in [-0.39, 0.29) is 5.91 Å². The summed E-state index contributed by atoms with van der Waals surface area (Å²) in [4.78, 5) is 11.9. The number of hydrogen-bond donors (Lipinski definition) is 2. The zero-order chi connectivity index (χ0) is 14.5. The predicted molar refractivity (Wildman–Crippen MR) is 84.0 cm³/mol. The standard InChI is InChI=1S/C17H26N2O/c1-4-18-17(20)14-8-6-9-15(11-14)19-16-10-5-7-12(2)13(16)3/h6,8-9,11-13,16,19H,4-5,7,10H2,1-3H3,(H,18,20). The summed E-state index contributed by atoms with van der Waals surface area (Å²) >= 11 is 0. The molecule has 3 unspecified atom stereocenters. The normalized spacial score (nSPS) is 26.1. The molecular weight excluding hydrogens is 248 g/mol. The third-order valence-corrected chi connectivity index (χ3v) is 4.52. The van der Waals surface area contributed by atoms with E-state index < -0.39 is 0 Å². The van der Waals surface area contributed by atoms with E-state index in [1.165, 1.54) is 19.3 Å². The van der Waals surface area contributed by atoms with E-state index in [2.05, 4.69) is 30.5 Å². The fourth-order valence-electron chi connectivity index (χ4n) is 3.01. The van der Waals surface area contributed by atoms with Crippen LogP contribution in [0.3, 0.4) is 0 Å². The number of hydrogen-bond acceptors (Lipinski definition) is 2. The summed E-state index contributed by atoms with van der Waals surface area (Å²) < 4.78 is 0. The molecule has 1 saturated carbocycles. The summed E-state index contributed by atoms with van der Waals surface area (Å²) in [5, 5.41) is 6.46. The Morgan fingerprint density at radius 2 is 2.10 bits per heavy atom. The number of rotatable bonds is 4. The molecule has 1 aromatic rings. The summed E-state index contributed by atoms with van der Waals surface area (Å²) in [5.41, 5.74) is 1.79. The van der Waals surface area contributed by atoms with Gasteiger partial charge in [-0.2, -0.15) is 0 Å². The minimum absolute atomic E-state index is 0.00112. The van der Waals surface area contributed by atoms with Crippen LogP contribution in [0, 0.1) is 11.8 Å². The zero-order valence-electron chi connectivity index (χ0n) is 12.8. The average molecular weight is 274 g/mol. The Morgan fingerprint density at radius 3 is 2.85 bits per heavy atom. The van der Waals surface area contributed by atoms with Gasteiger partial charge in [-0.3, -0.25) is 4.79 Å². The van der Waals surface area contributed by atoms with Gasteiger partial charge in [-0.1, -0.05) is 32.8 Å². The SMILES string of the molecule is CCNC(=O)c1cccc(NC2CCCC(C)C2C)c1. The van der Waals surface area contributed by atoms with E-state index in [9.17, 15) is 4.79 Å². The van der Waals surface area contributed by atoms with Gasteiger partial charge >= 0.3 is 0 Å². The Hall–Kier alpha value is -1.51. The lowest BCUT2D eigenvalue weighted by Gasteiger charge is -2.35. The maximum absolute atomic E-state index is 11.9. The van der Waals surface area contributed by atoms with Crippen LogP contribution in [-0.4, -0.2) is 18.5 Å². The van der Waals surface area contributed by atoms with Gasteiger partial charge in [0.1, 0.15) is 0 Å². The Bertz CT molecular complexity index is 458. The van der Waals surface area contributed by atoms with Gasteiger partial charge in [0.2, 0.25) is 0 Å². The summed E-state index contributed by atoms with van der Waals surface area (Å²) in [6, 6.07) is 8.33. The molecule has 0 spiro atoms. The molecule has 0 aromatic heterocycles. The van der Waals surface area contributed by atoms with Crippen molar-refractivity contribution in [3.63, 3.8) is 0 Å². The molecule has 0 bridgehead atoms. The lowest BCUT2D eigenvalue weighted by Crippen LogP contribution is -2.35. The van der Waals surface area contributed by atoms with E-state index in [0.717, 1.165) is 17.2 Å². The summed E-state index contributed by atoms with van der Waals surface area (Å²) in [7, 11) is 0. The molecule has 1 aliphatic rings. The van der Waals surface area contributed by atoms with E-state index >= 15 is 0 Å². The third-order valence-electron chi connectivity index (χ3n) is 4.52. The van der Waals surface area contributed by atoms with Gasteiger partial charge in [-0.15, -0.1) is 0 Å². The molecule has 3 atom stereocenters. The van der Waals surface area contributed by atoms with Crippen LogP contribution < -0.4 is 10.6 Å². The molecule has 20 heavy (non-hydrogen) atoms. The molecule has 1 aromatic carbocycles. The first-order chi connectivity index (χ1) is 9.61. The highest BCUT2D eigenvalue weighted by molar-refractivity contribution is 5.95. The van der Waals surface area contributed by atoms with Crippen molar-refractivity contribution in [3.8, 4) is 0 Å². The van der Waals surface area contributed by atoms with E-state index in [1.54, 1.807) is 0 Å². The number of anilines is 1. The highest BCUT2D eigenvalue weighted by Crippen LogP contribution is 2.31. The summed E-state index contributed by atoms with van der Waals surface area (Å²) in [5.74, 6) is 1.45. The van der Waals surface area contributed by atoms with Crippen molar-refractivity contribution in [3.05, 3.63) is 29.8 Å². The van der Waals surface area contributed by atoms with Crippen LogP contribution in [0.15, 0.2) is 24.3 Å². The van der Waals surface area contributed by atoms with Crippen molar-refractivity contribution >= 4 is 11.6 Å². The van der Waals surface area contributed by atoms with Crippen molar-refractivity contribution in [1.82, 2.24) is 5.32 Å². The van der Waals surface area contributed by atoms with Gasteiger partial charge in [0.15, 0.2) is 0 Å². The van der Waals surface area contributed by atoms with Crippen molar-refractivity contribution in [2.45, 2.75) is 46.1 Å². The van der Waals surface area contributed by atoms with Crippen molar-refractivity contribution in [2.24, 2.45) is 11.8 Å². The summed E-state index contributed by atoms with van der Waals surface area (Å²) in [6.45, 7) is 7.26. The fourth-order valence-corrected chi connectivity index (χ4v) is 3.01. The summed E-state index contributed by atoms with van der Waals surface area (Å²) in [6.07, 6.45) is 3.84. The Kier molecular flexibility index (Phi) is 5.05. The molecule has 1 amide bonds. The lowest BCUT2D eigenvalue weighted by molar-refractivity contribution is 0.0956. The molecule has 0 heterocycles. The van der Waals surface area contributed by atoms with E-state index in [1.807, 2.05) is 25.1 Å². The first-order valence-corrected chi connectivity index (χ1v) is 7.76. The molecular formula is C17H26N2O. The second-order valence-corrected chi connectivity index (χ2v) is 5.96. The number of nitrogens with one attached hydrogen (secondary N) is 2. The van der Waals surface area contributed by atoms with Gasteiger partial charge in [0.05, 0.1) is 0 Å².